The number of carboxylic acids is 1. The normalized spacial score (nSPS) is 14.2. The van der Waals surface area contributed by atoms with Gasteiger partial charge in [-0.25, -0.2) is 14.6 Å². The van der Waals surface area contributed by atoms with Crippen LogP contribution < -0.4 is 10.2 Å². The number of carbonyl (C=O) groups excluding carboxylic acids is 1. The van der Waals surface area contributed by atoms with E-state index in [1.165, 1.54) is 18.2 Å². The number of carboxylic acid groups (broad SMARTS) is 1. The van der Waals surface area contributed by atoms with Crippen molar-refractivity contribution in [3.63, 3.8) is 0 Å². The zero-order chi connectivity index (χ0) is 19.6. The van der Waals surface area contributed by atoms with Gasteiger partial charge in [-0.3, -0.25) is 0 Å². The predicted molar refractivity (Wildman–Crippen MR) is 108 cm³/mol. The Balaban J connectivity index is 1.60. The Bertz CT molecular complexity index is 885. The van der Waals surface area contributed by atoms with E-state index in [4.69, 9.17) is 16.7 Å². The fourth-order valence-corrected chi connectivity index (χ4v) is 3.66. The first kappa shape index (κ1) is 19.4. The molecule has 0 radical (unpaired) electrons. The molecule has 1 aromatic heterocycles. The SMILES string of the molecule is Cc1cc(Br)cnc1N1CCN(C(=O)Nc2ccc(C(=O)O)c(Cl)c2)CC1. The van der Waals surface area contributed by atoms with Crippen LogP contribution in [0.1, 0.15) is 15.9 Å². The third-order valence-electron chi connectivity index (χ3n) is 4.33. The maximum Gasteiger partial charge on any atom is 0.337 e. The van der Waals surface area contributed by atoms with Crippen LogP contribution in [0, 0.1) is 6.92 Å². The highest BCUT2D eigenvalue weighted by Crippen LogP contribution is 2.23. The second-order valence-electron chi connectivity index (χ2n) is 6.20. The van der Waals surface area contributed by atoms with Crippen molar-refractivity contribution in [2.24, 2.45) is 0 Å². The fraction of sp³-hybridized carbons (Fsp3) is 0.278. The van der Waals surface area contributed by atoms with Gasteiger partial charge in [-0.05, 0) is 52.7 Å². The lowest BCUT2D eigenvalue weighted by Gasteiger charge is -2.36. The summed E-state index contributed by atoms with van der Waals surface area (Å²) in [6.45, 7) is 4.49. The number of hydrogen-bond acceptors (Lipinski definition) is 4. The van der Waals surface area contributed by atoms with Crippen molar-refractivity contribution >= 4 is 51.0 Å². The van der Waals surface area contributed by atoms with Crippen molar-refractivity contribution in [1.29, 1.82) is 0 Å². The molecule has 27 heavy (non-hydrogen) atoms. The Hall–Kier alpha value is -2.32. The van der Waals surface area contributed by atoms with Crippen LogP contribution in [0.5, 0.6) is 0 Å². The molecule has 1 saturated heterocycles. The second kappa shape index (κ2) is 8.14. The van der Waals surface area contributed by atoms with E-state index in [-0.39, 0.29) is 16.6 Å². The smallest absolute Gasteiger partial charge is 0.337 e. The number of rotatable bonds is 3. The lowest BCUT2D eigenvalue weighted by molar-refractivity contribution is 0.0697. The fourth-order valence-electron chi connectivity index (χ4n) is 2.95. The molecule has 2 N–H and O–H groups in total. The molecular formula is C18H18BrClN4O3. The summed E-state index contributed by atoms with van der Waals surface area (Å²) in [5.41, 5.74) is 1.54. The Kier molecular flexibility index (Phi) is 5.86. The minimum Gasteiger partial charge on any atom is -0.478 e. The van der Waals surface area contributed by atoms with Gasteiger partial charge in [-0.15, -0.1) is 0 Å². The number of halogens is 2. The summed E-state index contributed by atoms with van der Waals surface area (Å²) in [5.74, 6) is -0.180. The van der Waals surface area contributed by atoms with Gasteiger partial charge in [0.15, 0.2) is 0 Å². The summed E-state index contributed by atoms with van der Waals surface area (Å²) in [6.07, 6.45) is 1.77. The average molecular weight is 454 g/mol. The number of nitrogens with one attached hydrogen (secondary N) is 1. The van der Waals surface area contributed by atoms with Gasteiger partial charge in [0.1, 0.15) is 5.82 Å². The minimum atomic E-state index is -1.11. The third-order valence-corrected chi connectivity index (χ3v) is 5.08. The Morgan fingerprint density at radius 3 is 2.52 bits per heavy atom. The molecule has 2 amide bonds. The number of aryl methyl sites for hydroxylation is 1. The molecule has 0 spiro atoms. The van der Waals surface area contributed by atoms with E-state index in [1.807, 2.05) is 13.0 Å². The largest absolute Gasteiger partial charge is 0.478 e. The summed E-state index contributed by atoms with van der Waals surface area (Å²) in [6, 6.07) is 6.12. The van der Waals surface area contributed by atoms with E-state index >= 15 is 0 Å². The first-order chi connectivity index (χ1) is 12.8. The number of carbonyl (C=O) groups is 2. The summed E-state index contributed by atoms with van der Waals surface area (Å²) < 4.78 is 0.939. The molecule has 1 aromatic carbocycles. The Morgan fingerprint density at radius 1 is 1.22 bits per heavy atom. The van der Waals surface area contributed by atoms with Crippen LogP contribution in [-0.4, -0.2) is 53.2 Å². The number of benzene rings is 1. The lowest BCUT2D eigenvalue weighted by Crippen LogP contribution is -2.50. The van der Waals surface area contributed by atoms with Crippen LogP contribution in [0.15, 0.2) is 34.9 Å². The molecular weight excluding hydrogens is 436 g/mol. The van der Waals surface area contributed by atoms with Crippen molar-refractivity contribution in [3.05, 3.63) is 51.1 Å². The van der Waals surface area contributed by atoms with Crippen LogP contribution in [0.2, 0.25) is 5.02 Å². The van der Waals surface area contributed by atoms with Crippen molar-refractivity contribution in [2.75, 3.05) is 36.4 Å². The molecule has 1 aliphatic heterocycles. The number of piperazine rings is 1. The van der Waals surface area contributed by atoms with Crippen molar-refractivity contribution in [2.45, 2.75) is 6.92 Å². The number of anilines is 2. The van der Waals surface area contributed by atoms with Gasteiger partial charge >= 0.3 is 12.0 Å². The molecule has 0 saturated carbocycles. The van der Waals surface area contributed by atoms with Crippen molar-refractivity contribution in [1.82, 2.24) is 9.88 Å². The first-order valence-electron chi connectivity index (χ1n) is 8.31. The monoisotopic (exact) mass is 452 g/mol. The van der Waals surface area contributed by atoms with Gasteiger partial charge in [0.05, 0.1) is 10.6 Å². The van der Waals surface area contributed by atoms with Crippen LogP contribution >= 0.6 is 27.5 Å². The van der Waals surface area contributed by atoms with E-state index in [1.54, 1.807) is 11.1 Å². The van der Waals surface area contributed by atoms with Crippen LogP contribution in [-0.2, 0) is 0 Å². The quantitative estimate of drug-likeness (QED) is 0.737. The average Bonchev–Trinajstić information content (AvgIpc) is 2.61. The summed E-state index contributed by atoms with van der Waals surface area (Å²) >= 11 is 9.36. The van der Waals surface area contributed by atoms with Gasteiger partial charge in [0.25, 0.3) is 0 Å². The first-order valence-corrected chi connectivity index (χ1v) is 9.48. The number of nitrogens with zero attached hydrogens (tertiary/aromatic N) is 3. The molecule has 0 atom stereocenters. The maximum absolute atomic E-state index is 12.5. The zero-order valence-electron chi connectivity index (χ0n) is 14.6. The summed E-state index contributed by atoms with van der Waals surface area (Å²) in [7, 11) is 0. The highest BCUT2D eigenvalue weighted by Gasteiger charge is 2.23. The molecule has 142 valence electrons. The maximum atomic E-state index is 12.5. The lowest BCUT2D eigenvalue weighted by atomic mass is 10.2. The molecule has 9 heteroatoms. The molecule has 1 fully saturated rings. The standard InChI is InChI=1S/C18H18BrClN4O3/c1-11-8-12(19)10-21-16(11)23-4-6-24(7-5-23)18(27)22-13-2-3-14(17(25)26)15(20)9-13/h2-3,8-10H,4-7H2,1H3,(H,22,27)(H,25,26). The number of aromatic nitrogens is 1. The van der Waals surface area contributed by atoms with Gasteiger partial charge in [-0.1, -0.05) is 11.6 Å². The number of aromatic carboxylic acids is 1. The topological polar surface area (TPSA) is 85.8 Å². The molecule has 2 heterocycles. The molecule has 0 aliphatic carbocycles. The highest BCUT2D eigenvalue weighted by molar-refractivity contribution is 9.10. The van der Waals surface area contributed by atoms with Gasteiger partial charge in [-0.2, -0.15) is 0 Å². The van der Waals surface area contributed by atoms with E-state index < -0.39 is 5.97 Å². The van der Waals surface area contributed by atoms with Crippen LogP contribution in [0.4, 0.5) is 16.3 Å². The van der Waals surface area contributed by atoms with Gasteiger partial charge < -0.3 is 20.2 Å². The second-order valence-corrected chi connectivity index (χ2v) is 7.52. The molecule has 7 nitrogen and oxygen atoms in total. The number of urea groups is 1. The molecule has 0 unspecified atom stereocenters. The highest BCUT2D eigenvalue weighted by atomic mass is 79.9. The van der Waals surface area contributed by atoms with E-state index in [0.29, 0.717) is 31.9 Å². The third kappa shape index (κ3) is 4.51. The molecule has 3 rings (SSSR count). The number of pyridine rings is 1. The van der Waals surface area contributed by atoms with Crippen molar-refractivity contribution in [3.8, 4) is 0 Å². The van der Waals surface area contributed by atoms with Gasteiger partial charge in [0, 0.05) is 42.5 Å². The van der Waals surface area contributed by atoms with Crippen LogP contribution in [0.3, 0.4) is 0 Å². The zero-order valence-corrected chi connectivity index (χ0v) is 16.9. The summed E-state index contributed by atoms with van der Waals surface area (Å²) in [5, 5.41) is 11.8. The van der Waals surface area contributed by atoms with Gasteiger partial charge in [0.2, 0.25) is 0 Å². The molecule has 0 bridgehead atoms. The Labute approximate surface area is 170 Å². The van der Waals surface area contributed by atoms with Crippen molar-refractivity contribution < 1.29 is 14.7 Å². The number of amides is 2. The molecule has 1 aliphatic rings. The summed E-state index contributed by atoms with van der Waals surface area (Å²) in [4.78, 5) is 31.8. The predicted octanol–water partition coefficient (Wildman–Crippen LogP) is 3.86. The molecule has 2 aromatic rings. The van der Waals surface area contributed by atoms with E-state index in [2.05, 4.69) is 31.1 Å². The van der Waals surface area contributed by atoms with E-state index in [9.17, 15) is 9.59 Å². The minimum absolute atomic E-state index is 0.000600. The Morgan fingerprint density at radius 2 is 1.93 bits per heavy atom. The van der Waals surface area contributed by atoms with Crippen LogP contribution in [0.25, 0.3) is 0 Å². The number of hydrogen-bond donors (Lipinski definition) is 2. The van der Waals surface area contributed by atoms with E-state index in [0.717, 1.165) is 15.9 Å².